The summed E-state index contributed by atoms with van der Waals surface area (Å²) < 4.78 is 246. The molecular formula is C12H8F17NO4S. The van der Waals surface area contributed by atoms with Gasteiger partial charge in [0.1, 0.15) is 0 Å². The molecule has 0 aromatic rings. The Balaban J connectivity index is 7.02. The van der Waals surface area contributed by atoms with Crippen molar-refractivity contribution in [3.8, 4) is 0 Å². The highest BCUT2D eigenvalue weighted by atomic mass is 32.2. The summed E-state index contributed by atoms with van der Waals surface area (Å²) in [6.45, 7) is 0.476. The summed E-state index contributed by atoms with van der Waals surface area (Å²) in [6.07, 6.45) is -7.91. The molecule has 0 bridgehead atoms. The molecule has 23 heteroatoms. The molecule has 35 heavy (non-hydrogen) atoms. The molecule has 1 atom stereocenters. The SMILES string of the molecule is CCS(=O)(=O)NC(C(=O)O)C(F)(F)C(F)(F)C(F)(F)C(F)(F)C(F)(F)C(F)(F)C(F)(F)C(F)(F)F. The van der Waals surface area contributed by atoms with Gasteiger partial charge in [-0.3, -0.25) is 4.79 Å². The Morgan fingerprint density at radius 1 is 0.657 bits per heavy atom. The van der Waals surface area contributed by atoms with Gasteiger partial charge in [-0.1, -0.05) is 0 Å². The summed E-state index contributed by atoms with van der Waals surface area (Å²) in [5.74, 6) is -64.4. The number of hydrogen-bond acceptors (Lipinski definition) is 3. The summed E-state index contributed by atoms with van der Waals surface area (Å²) in [4.78, 5) is 10.7. The van der Waals surface area contributed by atoms with Crippen molar-refractivity contribution in [2.24, 2.45) is 0 Å². The fraction of sp³-hybridized carbons (Fsp3) is 0.917. The highest BCUT2D eigenvalue weighted by Gasteiger charge is 2.95. The van der Waals surface area contributed by atoms with Crippen LogP contribution in [0.1, 0.15) is 6.92 Å². The zero-order valence-corrected chi connectivity index (χ0v) is 16.6. The van der Waals surface area contributed by atoms with Crippen LogP contribution in [0.4, 0.5) is 74.6 Å². The van der Waals surface area contributed by atoms with Gasteiger partial charge in [0.25, 0.3) is 0 Å². The number of carbonyl (C=O) groups is 1. The summed E-state index contributed by atoms with van der Waals surface area (Å²) in [5.41, 5.74) is 0. The third kappa shape index (κ3) is 4.68. The maximum atomic E-state index is 13.9. The van der Waals surface area contributed by atoms with Gasteiger partial charge in [0.05, 0.1) is 5.75 Å². The zero-order chi connectivity index (χ0) is 29.1. The number of carboxylic acids is 1. The maximum Gasteiger partial charge on any atom is 0.460 e. The zero-order valence-electron chi connectivity index (χ0n) is 15.8. The predicted molar refractivity (Wildman–Crippen MR) is 74.7 cm³/mol. The average molecular weight is 585 g/mol. The van der Waals surface area contributed by atoms with Gasteiger partial charge < -0.3 is 5.11 Å². The second-order valence-electron chi connectivity index (χ2n) is 6.36. The number of halogens is 17. The largest absolute Gasteiger partial charge is 0.480 e. The first-order chi connectivity index (χ1) is 14.8. The topological polar surface area (TPSA) is 83.5 Å². The molecule has 0 heterocycles. The van der Waals surface area contributed by atoms with Gasteiger partial charge in [-0.2, -0.15) is 79.4 Å². The van der Waals surface area contributed by atoms with Crippen molar-refractivity contribution in [1.29, 1.82) is 0 Å². The number of hydrogen-bond donors (Lipinski definition) is 2. The van der Waals surface area contributed by atoms with Gasteiger partial charge in [-0.05, 0) is 6.92 Å². The van der Waals surface area contributed by atoms with E-state index in [1.165, 1.54) is 0 Å². The lowest BCUT2D eigenvalue weighted by Gasteiger charge is -2.43. The molecule has 0 spiro atoms. The van der Waals surface area contributed by atoms with Crippen LogP contribution in [0.2, 0.25) is 0 Å². The Labute approximate surface area is 181 Å². The van der Waals surface area contributed by atoms with Crippen molar-refractivity contribution in [3.05, 3.63) is 0 Å². The van der Waals surface area contributed by atoms with E-state index in [1.807, 2.05) is 0 Å². The lowest BCUT2D eigenvalue weighted by atomic mass is 9.87. The Morgan fingerprint density at radius 2 is 0.943 bits per heavy atom. The van der Waals surface area contributed by atoms with E-state index in [9.17, 15) is 87.8 Å². The molecule has 0 amide bonds. The molecule has 2 N–H and O–H groups in total. The molecule has 0 rings (SSSR count). The lowest BCUT2D eigenvalue weighted by molar-refractivity contribution is -0.462. The molecule has 0 radical (unpaired) electrons. The first kappa shape index (κ1) is 33.2. The van der Waals surface area contributed by atoms with Gasteiger partial charge >= 0.3 is 53.6 Å². The molecular weight excluding hydrogens is 577 g/mol. The van der Waals surface area contributed by atoms with Crippen LogP contribution in [0.15, 0.2) is 0 Å². The highest BCUT2D eigenvalue weighted by Crippen LogP contribution is 2.64. The minimum Gasteiger partial charge on any atom is -0.480 e. The smallest absolute Gasteiger partial charge is 0.460 e. The van der Waals surface area contributed by atoms with E-state index in [1.54, 1.807) is 0 Å². The van der Waals surface area contributed by atoms with Crippen molar-refractivity contribution in [2.45, 2.75) is 60.6 Å². The second kappa shape index (κ2) is 8.64. The molecule has 0 aliphatic carbocycles. The van der Waals surface area contributed by atoms with Crippen LogP contribution in [0.3, 0.4) is 0 Å². The van der Waals surface area contributed by atoms with Crippen LogP contribution in [0, 0.1) is 0 Å². The standard InChI is InChI=1S/C12H8F17NO4S/c1-2-35(33,34)30-3(4(31)32)5(13,14)6(15,16)7(17,18)8(19,20)9(21,22)10(23,24)11(25,26)12(27,28)29/h3,30H,2H2,1H3,(H,31,32). The van der Waals surface area contributed by atoms with Crippen LogP contribution < -0.4 is 4.72 Å². The third-order valence-electron chi connectivity index (χ3n) is 4.03. The molecule has 5 nitrogen and oxygen atoms in total. The number of carboxylic acid groups (broad SMARTS) is 1. The van der Waals surface area contributed by atoms with Crippen LogP contribution in [0.5, 0.6) is 0 Å². The second-order valence-corrected chi connectivity index (χ2v) is 8.40. The van der Waals surface area contributed by atoms with Crippen LogP contribution in [0.25, 0.3) is 0 Å². The first-order valence-corrected chi connectivity index (χ1v) is 9.44. The molecule has 0 fully saturated rings. The van der Waals surface area contributed by atoms with Gasteiger partial charge in [0.2, 0.25) is 10.0 Å². The molecule has 1 unspecified atom stereocenters. The van der Waals surface area contributed by atoms with E-state index in [0.29, 0.717) is 6.92 Å². The lowest BCUT2D eigenvalue weighted by Crippen LogP contribution is -2.76. The summed E-state index contributed by atoms with van der Waals surface area (Å²) in [6, 6.07) is -4.91. The predicted octanol–water partition coefficient (Wildman–Crippen LogP) is 4.39. The van der Waals surface area contributed by atoms with Crippen LogP contribution in [-0.2, 0) is 14.8 Å². The molecule has 0 aliphatic heterocycles. The van der Waals surface area contributed by atoms with Crippen molar-refractivity contribution < 1.29 is 93.0 Å². The average Bonchev–Trinajstić information content (AvgIpc) is 2.63. The van der Waals surface area contributed by atoms with E-state index in [-0.39, 0.29) is 4.72 Å². The maximum absolute atomic E-state index is 13.9. The molecule has 210 valence electrons. The fourth-order valence-corrected chi connectivity index (χ4v) is 2.67. The Kier molecular flexibility index (Phi) is 8.20. The van der Waals surface area contributed by atoms with Crippen molar-refractivity contribution in [1.82, 2.24) is 4.72 Å². The Hall–Kier alpha value is -1.81. The van der Waals surface area contributed by atoms with Gasteiger partial charge in [0.15, 0.2) is 6.04 Å². The van der Waals surface area contributed by atoms with Gasteiger partial charge in [0, 0.05) is 0 Å². The first-order valence-electron chi connectivity index (χ1n) is 7.79. The van der Waals surface area contributed by atoms with E-state index >= 15 is 0 Å². The number of alkyl halides is 17. The number of sulfonamides is 1. The normalized spacial score (nSPS) is 16.9. The minimum atomic E-state index is -8.90. The van der Waals surface area contributed by atoms with E-state index in [0.717, 1.165) is 0 Å². The van der Waals surface area contributed by atoms with E-state index < -0.39 is 75.4 Å². The molecule has 0 aromatic carbocycles. The quantitative estimate of drug-likeness (QED) is 0.353. The van der Waals surface area contributed by atoms with Crippen LogP contribution in [-0.4, -0.2) is 78.9 Å². The van der Waals surface area contributed by atoms with Crippen molar-refractivity contribution in [3.63, 3.8) is 0 Å². The minimum absolute atomic E-state index is 0.0856. The summed E-state index contributed by atoms with van der Waals surface area (Å²) >= 11 is 0. The number of rotatable bonds is 11. The highest BCUT2D eigenvalue weighted by molar-refractivity contribution is 7.89. The summed E-state index contributed by atoms with van der Waals surface area (Å²) in [5, 5.41) is 8.42. The molecule has 0 saturated carbocycles. The van der Waals surface area contributed by atoms with Crippen molar-refractivity contribution in [2.75, 3.05) is 5.75 Å². The van der Waals surface area contributed by atoms with Gasteiger partial charge in [-0.15, -0.1) is 0 Å². The number of aliphatic carboxylic acids is 1. The van der Waals surface area contributed by atoms with E-state index in [2.05, 4.69) is 0 Å². The van der Waals surface area contributed by atoms with Gasteiger partial charge in [-0.25, -0.2) is 8.42 Å². The van der Waals surface area contributed by atoms with E-state index in [4.69, 9.17) is 5.11 Å². The molecule has 0 saturated heterocycles. The van der Waals surface area contributed by atoms with Crippen LogP contribution >= 0.6 is 0 Å². The fourth-order valence-electron chi connectivity index (χ4n) is 1.90. The summed E-state index contributed by atoms with van der Waals surface area (Å²) in [7, 11) is -5.44. The Bertz CT molecular complexity index is 911. The monoisotopic (exact) mass is 585 g/mol. The Morgan fingerprint density at radius 3 is 1.20 bits per heavy atom. The molecule has 0 aromatic heterocycles. The number of nitrogens with one attached hydrogen (secondary N) is 1. The molecule has 0 aliphatic rings. The third-order valence-corrected chi connectivity index (χ3v) is 5.39. The van der Waals surface area contributed by atoms with Crippen molar-refractivity contribution >= 4 is 16.0 Å².